The molecular weight excluding hydrogens is 929 g/mol. The predicted molar refractivity (Wildman–Crippen MR) is 309 cm³/mol. The van der Waals surface area contributed by atoms with Crippen molar-refractivity contribution in [2.24, 2.45) is 23.2 Å². The maximum Gasteiger partial charge on any atom is 0.311 e. The summed E-state index contributed by atoms with van der Waals surface area (Å²) in [4.78, 5) is 12.5. The first kappa shape index (κ1) is 59.0. The molecule has 5 aromatic carbocycles. The van der Waals surface area contributed by atoms with Gasteiger partial charge in [0.05, 0.1) is 13.0 Å². The van der Waals surface area contributed by atoms with Crippen LogP contribution >= 0.6 is 0 Å². The Morgan fingerprint density at radius 1 is 0.507 bits per heavy atom. The maximum absolute atomic E-state index is 12.5. The van der Waals surface area contributed by atoms with E-state index in [4.69, 9.17) is 29.2 Å². The Kier molecular flexibility index (Phi) is 23.5. The highest BCUT2D eigenvalue weighted by atomic mass is 16.7. The van der Waals surface area contributed by atoms with Crippen molar-refractivity contribution in [1.82, 2.24) is 0 Å². The van der Waals surface area contributed by atoms with Crippen LogP contribution in [0.15, 0.2) is 121 Å². The molecule has 7 heteroatoms. The summed E-state index contributed by atoms with van der Waals surface area (Å²) in [6.45, 7) is 20.5. The Morgan fingerprint density at radius 2 is 0.893 bits per heavy atom. The molecule has 5 unspecified atom stereocenters. The molecule has 5 aliphatic carbocycles. The highest BCUT2D eigenvalue weighted by molar-refractivity contribution is 5.73. The van der Waals surface area contributed by atoms with Gasteiger partial charge in [0.15, 0.2) is 6.29 Å². The first-order valence-electron chi connectivity index (χ1n) is 29.2. The molecule has 408 valence electrons. The number of esters is 1. The lowest BCUT2D eigenvalue weighted by atomic mass is 9.49. The van der Waals surface area contributed by atoms with Gasteiger partial charge < -0.3 is 29.2 Å². The van der Waals surface area contributed by atoms with E-state index in [0.717, 1.165) is 60.9 Å². The molecule has 5 atom stereocenters. The molecule has 5 aliphatic rings. The van der Waals surface area contributed by atoms with Gasteiger partial charge in [0.25, 0.3) is 0 Å². The lowest BCUT2D eigenvalue weighted by Gasteiger charge is -2.56. The molecular formula is C68H94O7. The molecule has 0 saturated heterocycles. The minimum Gasteiger partial charge on any atom is -0.508 e. The standard InChI is InChI=1S/C26H36O3.C22H30O2.2C10H14O/c1-4-20(2)22-10-16-26(17-11-22)29-21(3)27-18-19-28-25-14-12-24(13-15-25)23-8-6-5-7-9-23;1-3-15(2)19-4-6-20(7-5-19)24-21(23)14-22-11-16-8-17(12-22)10-18(9-16)13-22;2*1-3-8(2)9-4-6-10(11)7-5-9/h10-17,20-21,23H,4-9,18-19H2,1-3H3;4-7,15-18H,3,8-14H2,1-2H3;2*4-8,11H,3H2,1-2H3. The highest BCUT2D eigenvalue weighted by Crippen LogP contribution is 2.61. The van der Waals surface area contributed by atoms with E-state index in [9.17, 15) is 4.79 Å². The normalized spacial score (nSPS) is 21.5. The number of carbonyl (C=O) groups excluding carboxylic acids is 1. The lowest BCUT2D eigenvalue weighted by molar-refractivity contribution is -0.142. The van der Waals surface area contributed by atoms with E-state index in [2.05, 4.69) is 104 Å². The van der Waals surface area contributed by atoms with Gasteiger partial charge in [-0.2, -0.15) is 0 Å². The van der Waals surface area contributed by atoms with Crippen LogP contribution in [0.5, 0.6) is 28.7 Å². The molecule has 7 nitrogen and oxygen atoms in total. The molecule has 0 spiro atoms. The van der Waals surface area contributed by atoms with E-state index >= 15 is 0 Å². The molecule has 5 aromatic rings. The third kappa shape index (κ3) is 18.8. The fourth-order valence-corrected chi connectivity index (χ4v) is 12.1. The summed E-state index contributed by atoms with van der Waals surface area (Å²) in [5.41, 5.74) is 6.97. The van der Waals surface area contributed by atoms with Crippen LogP contribution in [0.2, 0.25) is 0 Å². The van der Waals surface area contributed by atoms with Crippen LogP contribution in [0.3, 0.4) is 0 Å². The maximum atomic E-state index is 12.5. The van der Waals surface area contributed by atoms with Crippen LogP contribution in [0.1, 0.15) is 222 Å². The van der Waals surface area contributed by atoms with Crippen molar-refractivity contribution in [3.05, 3.63) is 149 Å². The summed E-state index contributed by atoms with van der Waals surface area (Å²) < 4.78 is 23.1. The van der Waals surface area contributed by atoms with Crippen LogP contribution in [0, 0.1) is 23.2 Å². The molecule has 0 aliphatic heterocycles. The molecule has 75 heavy (non-hydrogen) atoms. The number of ether oxygens (including phenoxy) is 4. The SMILES string of the molecule is CCC(C)c1ccc(O)cc1.CCC(C)c1ccc(O)cc1.CCC(C)c1ccc(OC(=O)CC23CC4CC(CC(C4)C2)C3)cc1.CCC(C)c1ccc(OC(C)OCCOc2ccc(C3CCCCC3)cc2)cc1. The quantitative estimate of drug-likeness (QED) is 0.0368. The smallest absolute Gasteiger partial charge is 0.311 e. The van der Waals surface area contributed by atoms with Crippen molar-refractivity contribution in [2.75, 3.05) is 13.2 Å². The van der Waals surface area contributed by atoms with Crippen molar-refractivity contribution in [1.29, 1.82) is 0 Å². The molecule has 5 fully saturated rings. The first-order valence-corrected chi connectivity index (χ1v) is 29.2. The van der Waals surface area contributed by atoms with Gasteiger partial charge in [-0.3, -0.25) is 4.79 Å². The molecule has 0 amide bonds. The molecule has 2 N–H and O–H groups in total. The first-order chi connectivity index (χ1) is 36.2. The second-order valence-electron chi connectivity index (χ2n) is 22.9. The number of hydrogen-bond donors (Lipinski definition) is 2. The average molecular weight is 1020 g/mol. The van der Waals surface area contributed by atoms with E-state index < -0.39 is 0 Å². The molecule has 0 heterocycles. The average Bonchev–Trinajstić information content (AvgIpc) is 3.42. The Hall–Kier alpha value is -5.27. The topological polar surface area (TPSA) is 94.5 Å². The number of hydrogen-bond acceptors (Lipinski definition) is 7. The molecule has 0 radical (unpaired) electrons. The van der Waals surface area contributed by atoms with Gasteiger partial charge in [0, 0.05) is 0 Å². The Bertz CT molecular complexity index is 2280. The minimum atomic E-state index is -0.304. The molecule has 5 saturated carbocycles. The largest absolute Gasteiger partial charge is 0.508 e. The summed E-state index contributed by atoms with van der Waals surface area (Å²) in [6, 6.07) is 39.9. The molecule has 0 aromatic heterocycles. The number of phenols is 2. The summed E-state index contributed by atoms with van der Waals surface area (Å²) in [5.74, 6) is 8.83. The lowest BCUT2D eigenvalue weighted by Crippen LogP contribution is -2.47. The van der Waals surface area contributed by atoms with Gasteiger partial charge in [-0.15, -0.1) is 0 Å². The van der Waals surface area contributed by atoms with Crippen LogP contribution in [-0.2, 0) is 9.53 Å². The van der Waals surface area contributed by atoms with Crippen LogP contribution in [-0.4, -0.2) is 35.7 Å². The fraction of sp³-hybridized carbons (Fsp3) is 0.544. The van der Waals surface area contributed by atoms with Crippen LogP contribution < -0.4 is 14.2 Å². The van der Waals surface area contributed by atoms with Crippen molar-refractivity contribution in [3.8, 4) is 28.7 Å². The third-order valence-electron chi connectivity index (χ3n) is 17.2. The van der Waals surface area contributed by atoms with Gasteiger partial charge in [-0.05, 0) is 225 Å². The van der Waals surface area contributed by atoms with Crippen molar-refractivity contribution < 1.29 is 34.0 Å². The van der Waals surface area contributed by atoms with Crippen molar-refractivity contribution in [3.63, 3.8) is 0 Å². The number of phenolic OH excluding ortho intramolecular Hbond substituents is 2. The second-order valence-corrected chi connectivity index (χ2v) is 22.9. The number of benzene rings is 5. The zero-order valence-corrected chi connectivity index (χ0v) is 47.4. The van der Waals surface area contributed by atoms with Gasteiger partial charge in [0.1, 0.15) is 35.4 Å². The minimum absolute atomic E-state index is 0.0201. The second kappa shape index (κ2) is 29.9. The van der Waals surface area contributed by atoms with E-state index in [0.29, 0.717) is 60.6 Å². The monoisotopic (exact) mass is 1020 g/mol. The van der Waals surface area contributed by atoms with Gasteiger partial charge >= 0.3 is 5.97 Å². The third-order valence-corrected chi connectivity index (χ3v) is 17.2. The van der Waals surface area contributed by atoms with Gasteiger partial charge in [-0.1, -0.05) is 135 Å². The summed E-state index contributed by atoms with van der Waals surface area (Å²) in [6.07, 6.45) is 19.7. The van der Waals surface area contributed by atoms with Crippen LogP contribution in [0.25, 0.3) is 0 Å². The Morgan fingerprint density at radius 3 is 1.31 bits per heavy atom. The van der Waals surface area contributed by atoms with Crippen LogP contribution in [0.4, 0.5) is 0 Å². The summed E-state index contributed by atoms with van der Waals surface area (Å²) in [7, 11) is 0. The predicted octanol–water partition coefficient (Wildman–Crippen LogP) is 18.6. The zero-order valence-electron chi connectivity index (χ0n) is 47.4. The zero-order chi connectivity index (χ0) is 53.7. The fourth-order valence-electron chi connectivity index (χ4n) is 12.1. The van der Waals surface area contributed by atoms with E-state index in [1.54, 1.807) is 24.3 Å². The summed E-state index contributed by atoms with van der Waals surface area (Å²) in [5, 5.41) is 18.0. The van der Waals surface area contributed by atoms with E-state index in [-0.39, 0.29) is 17.7 Å². The highest BCUT2D eigenvalue weighted by Gasteiger charge is 2.51. The van der Waals surface area contributed by atoms with E-state index in [1.807, 2.05) is 55.5 Å². The number of rotatable bonds is 19. The molecule has 10 rings (SSSR count). The Labute approximate surface area is 453 Å². The molecule has 4 bridgehead atoms. The van der Waals surface area contributed by atoms with Crippen molar-refractivity contribution >= 4 is 5.97 Å². The number of aromatic hydroxyl groups is 2. The van der Waals surface area contributed by atoms with E-state index in [1.165, 1.54) is 98.4 Å². The van der Waals surface area contributed by atoms with Gasteiger partial charge in [-0.25, -0.2) is 0 Å². The van der Waals surface area contributed by atoms with Gasteiger partial charge in [0.2, 0.25) is 0 Å². The number of carbonyl (C=O) groups is 1. The summed E-state index contributed by atoms with van der Waals surface area (Å²) >= 11 is 0. The Balaban J connectivity index is 0.000000177. The van der Waals surface area contributed by atoms with Crippen molar-refractivity contribution in [2.45, 2.75) is 201 Å².